The Bertz CT molecular complexity index is 1770. The second-order valence-electron chi connectivity index (χ2n) is 7.36. The van der Waals surface area contributed by atoms with E-state index < -0.39 is 0 Å². The number of aromatic nitrogens is 2. The third-order valence-electron chi connectivity index (χ3n) is 5.82. The van der Waals surface area contributed by atoms with Crippen LogP contribution in [0.4, 0.5) is 0 Å². The highest BCUT2D eigenvalue weighted by atomic mass is 79.9. The number of hydrogen-bond donors (Lipinski definition) is 0. The lowest BCUT2D eigenvalue weighted by atomic mass is 10.0. The van der Waals surface area contributed by atoms with Crippen molar-refractivity contribution < 1.29 is 4.42 Å². The number of rotatable bonds is 0. The number of para-hydroxylation sites is 4. The molecule has 0 aliphatic rings. The Balaban J connectivity index is 1.89. The van der Waals surface area contributed by atoms with Gasteiger partial charge in [-0.1, -0.05) is 48.5 Å². The van der Waals surface area contributed by atoms with Gasteiger partial charge in [-0.15, -0.1) is 0 Å². The number of imidazole rings is 1. The van der Waals surface area contributed by atoms with Crippen molar-refractivity contribution in [1.82, 2.24) is 9.38 Å². The van der Waals surface area contributed by atoms with E-state index in [1.54, 1.807) is 0 Å². The number of hydrogen-bond acceptors (Lipinski definition) is 2. The monoisotopic (exact) mass is 436 g/mol. The van der Waals surface area contributed by atoms with Crippen LogP contribution in [0, 0.1) is 0 Å². The molecule has 7 rings (SSSR count). The van der Waals surface area contributed by atoms with E-state index in [9.17, 15) is 0 Å². The molecule has 0 saturated heterocycles. The Labute approximate surface area is 173 Å². The van der Waals surface area contributed by atoms with Crippen molar-refractivity contribution in [1.29, 1.82) is 0 Å². The summed E-state index contributed by atoms with van der Waals surface area (Å²) in [7, 11) is 0. The first-order valence-corrected chi connectivity index (χ1v) is 10.3. The van der Waals surface area contributed by atoms with Crippen molar-refractivity contribution in [3.8, 4) is 0 Å². The minimum Gasteiger partial charge on any atom is -0.455 e. The molecule has 0 fully saturated rings. The van der Waals surface area contributed by atoms with E-state index in [4.69, 9.17) is 9.40 Å². The topological polar surface area (TPSA) is 30.4 Å². The third kappa shape index (κ3) is 1.89. The largest absolute Gasteiger partial charge is 0.455 e. The van der Waals surface area contributed by atoms with E-state index in [-0.39, 0.29) is 0 Å². The molecule has 0 N–H and O–H groups in total. The van der Waals surface area contributed by atoms with Gasteiger partial charge in [0.1, 0.15) is 16.8 Å². The lowest BCUT2D eigenvalue weighted by molar-refractivity contribution is 0.673. The minimum atomic E-state index is 0.896. The number of furan rings is 1. The van der Waals surface area contributed by atoms with Gasteiger partial charge in [0.15, 0.2) is 0 Å². The molecule has 4 heteroatoms. The first-order chi connectivity index (χ1) is 14.3. The molecule has 3 heterocycles. The van der Waals surface area contributed by atoms with Gasteiger partial charge in [0.2, 0.25) is 0 Å². The summed E-state index contributed by atoms with van der Waals surface area (Å²) in [5, 5.41) is 5.58. The number of halogens is 1. The highest BCUT2D eigenvalue weighted by molar-refractivity contribution is 9.10. The lowest BCUT2D eigenvalue weighted by Crippen LogP contribution is -1.92. The zero-order valence-corrected chi connectivity index (χ0v) is 16.8. The first kappa shape index (κ1) is 15.5. The predicted molar refractivity (Wildman–Crippen MR) is 123 cm³/mol. The fraction of sp³-hybridized carbons (Fsp3) is 0. The van der Waals surface area contributed by atoms with E-state index in [0.717, 1.165) is 64.8 Å². The summed E-state index contributed by atoms with van der Waals surface area (Å²) in [6.07, 6.45) is 0. The smallest absolute Gasteiger partial charge is 0.146 e. The van der Waals surface area contributed by atoms with Gasteiger partial charge >= 0.3 is 0 Å². The van der Waals surface area contributed by atoms with Crippen LogP contribution < -0.4 is 0 Å². The van der Waals surface area contributed by atoms with Crippen molar-refractivity contribution in [3.63, 3.8) is 0 Å². The molecule has 0 spiro atoms. The van der Waals surface area contributed by atoms with Crippen LogP contribution in [0.2, 0.25) is 0 Å². The highest BCUT2D eigenvalue weighted by Crippen LogP contribution is 2.43. The molecule has 0 unspecified atom stereocenters. The van der Waals surface area contributed by atoms with Gasteiger partial charge in [-0.2, -0.15) is 0 Å². The molecule has 0 amide bonds. The molecule has 29 heavy (non-hydrogen) atoms. The molecule has 4 aromatic carbocycles. The van der Waals surface area contributed by atoms with Crippen molar-refractivity contribution in [2.75, 3.05) is 0 Å². The van der Waals surface area contributed by atoms with Crippen LogP contribution in [0.5, 0.6) is 0 Å². The van der Waals surface area contributed by atoms with Crippen LogP contribution in [0.1, 0.15) is 0 Å². The van der Waals surface area contributed by atoms with Crippen LogP contribution in [0.25, 0.3) is 60.3 Å². The Morgan fingerprint density at radius 2 is 1.45 bits per heavy atom. The van der Waals surface area contributed by atoms with E-state index in [1.165, 1.54) is 0 Å². The van der Waals surface area contributed by atoms with Crippen LogP contribution >= 0.6 is 15.9 Å². The second kappa shape index (κ2) is 5.37. The van der Waals surface area contributed by atoms with Gasteiger partial charge in [-0.05, 0) is 46.3 Å². The summed E-state index contributed by atoms with van der Waals surface area (Å²) in [5.41, 5.74) is 5.98. The molecule has 3 aromatic heterocycles. The summed E-state index contributed by atoms with van der Waals surface area (Å²) >= 11 is 3.81. The van der Waals surface area contributed by atoms with Crippen LogP contribution in [-0.2, 0) is 0 Å². The lowest BCUT2D eigenvalue weighted by Gasteiger charge is -2.10. The van der Waals surface area contributed by atoms with E-state index in [2.05, 4.69) is 81.0 Å². The van der Waals surface area contributed by atoms with E-state index in [1.807, 2.05) is 18.2 Å². The van der Waals surface area contributed by atoms with Crippen LogP contribution in [0.15, 0.2) is 87.8 Å². The maximum absolute atomic E-state index is 6.41. The van der Waals surface area contributed by atoms with Gasteiger partial charge in [0.25, 0.3) is 0 Å². The third-order valence-corrected chi connectivity index (χ3v) is 6.44. The molecule has 0 saturated carbocycles. The molecular formula is C25H13BrN2O. The van der Waals surface area contributed by atoms with E-state index >= 15 is 0 Å². The van der Waals surface area contributed by atoms with Crippen molar-refractivity contribution in [3.05, 3.63) is 83.3 Å². The molecule has 7 aromatic rings. The zero-order chi connectivity index (χ0) is 19.1. The van der Waals surface area contributed by atoms with E-state index in [0.29, 0.717) is 0 Å². The maximum atomic E-state index is 6.41. The van der Waals surface area contributed by atoms with Crippen LogP contribution in [-0.4, -0.2) is 9.38 Å². The molecule has 0 bridgehead atoms. The quantitative estimate of drug-likeness (QED) is 0.231. The van der Waals surface area contributed by atoms with Crippen LogP contribution in [0.3, 0.4) is 0 Å². The molecule has 0 aliphatic carbocycles. The standard InChI is InChI=1S/C25H13BrN2O/c26-17-13-16-22(24-23(17)15-8-2-6-12-21(15)29-24)14-7-1-4-10-19(14)28-20-11-5-3-9-18(20)27-25(16)28/h1-13H. The Kier molecular flexibility index (Phi) is 2.88. The van der Waals surface area contributed by atoms with Gasteiger partial charge in [-0.25, -0.2) is 4.98 Å². The number of nitrogens with zero attached hydrogens (tertiary/aromatic N) is 2. The normalized spacial score (nSPS) is 12.3. The molecule has 3 nitrogen and oxygen atoms in total. The number of pyridine rings is 1. The summed E-state index contributed by atoms with van der Waals surface area (Å²) in [6.45, 7) is 0. The second-order valence-corrected chi connectivity index (χ2v) is 8.21. The maximum Gasteiger partial charge on any atom is 0.146 e. The summed E-state index contributed by atoms with van der Waals surface area (Å²) < 4.78 is 9.69. The zero-order valence-electron chi connectivity index (χ0n) is 15.2. The molecular weight excluding hydrogens is 424 g/mol. The molecule has 0 aliphatic heterocycles. The first-order valence-electron chi connectivity index (χ1n) is 9.52. The Morgan fingerprint density at radius 3 is 2.34 bits per heavy atom. The molecule has 136 valence electrons. The fourth-order valence-electron chi connectivity index (χ4n) is 4.63. The summed E-state index contributed by atoms with van der Waals surface area (Å²) in [5.74, 6) is 0. The van der Waals surface area contributed by atoms with Crippen molar-refractivity contribution in [2.45, 2.75) is 0 Å². The SMILES string of the molecule is Brc1cc2c(c3ccccc3n3c4ccccc4nc23)c2oc3ccccc3c12. The summed E-state index contributed by atoms with van der Waals surface area (Å²) in [4.78, 5) is 5.00. The predicted octanol–water partition coefficient (Wildman–Crippen LogP) is 7.46. The number of fused-ring (bicyclic) bond motifs is 12. The highest BCUT2D eigenvalue weighted by Gasteiger charge is 2.20. The average molecular weight is 437 g/mol. The molecule has 0 atom stereocenters. The van der Waals surface area contributed by atoms with Gasteiger partial charge in [0, 0.05) is 31.4 Å². The summed E-state index contributed by atoms with van der Waals surface area (Å²) in [6, 6.07) is 27.2. The fourth-order valence-corrected chi connectivity index (χ4v) is 5.25. The van der Waals surface area contributed by atoms with Gasteiger partial charge in [-0.3, -0.25) is 4.40 Å². The van der Waals surface area contributed by atoms with Crippen molar-refractivity contribution >= 4 is 76.2 Å². The minimum absolute atomic E-state index is 0.896. The average Bonchev–Trinajstić information content (AvgIpc) is 3.33. The number of benzene rings is 4. The van der Waals surface area contributed by atoms with Gasteiger partial charge < -0.3 is 4.42 Å². The van der Waals surface area contributed by atoms with Crippen molar-refractivity contribution in [2.24, 2.45) is 0 Å². The molecule has 0 radical (unpaired) electrons. The Hall–Kier alpha value is -3.37. The Morgan fingerprint density at radius 1 is 0.724 bits per heavy atom. The van der Waals surface area contributed by atoms with Gasteiger partial charge in [0.05, 0.1) is 16.6 Å².